The number of nitrogens with zero attached hydrogens (tertiary/aromatic N) is 4. The van der Waals surface area contributed by atoms with E-state index < -0.39 is 0 Å². The number of hydrogen-bond donors (Lipinski definition) is 0. The van der Waals surface area contributed by atoms with Crippen LogP contribution in [-0.2, 0) is 0 Å². The zero-order chi connectivity index (χ0) is 12.3. The fraction of sp³-hybridized carbons (Fsp3) is 0.333. The molecule has 5 heteroatoms. The SMILES string of the molecule is Cc1nc2c(C)c(C)c3nc(C)c(=O)c(n1)n23. The molecule has 86 valence electrons. The van der Waals surface area contributed by atoms with Crippen molar-refractivity contribution in [2.24, 2.45) is 0 Å². The topological polar surface area (TPSA) is 60.2 Å². The van der Waals surface area contributed by atoms with E-state index in [0.29, 0.717) is 17.2 Å². The Morgan fingerprint density at radius 3 is 2.00 bits per heavy atom. The van der Waals surface area contributed by atoms with E-state index in [1.54, 1.807) is 18.2 Å². The molecule has 0 radical (unpaired) electrons. The third kappa shape index (κ3) is 1.13. The molecule has 3 rings (SSSR count). The largest absolute Gasteiger partial charge is 0.284 e. The molecule has 0 spiro atoms. The highest BCUT2D eigenvalue weighted by Crippen LogP contribution is 2.22. The molecule has 0 aromatic carbocycles. The zero-order valence-electron chi connectivity index (χ0n) is 10.2. The van der Waals surface area contributed by atoms with Gasteiger partial charge >= 0.3 is 0 Å². The summed E-state index contributed by atoms with van der Waals surface area (Å²) in [4.78, 5) is 25.0. The van der Waals surface area contributed by atoms with E-state index in [2.05, 4.69) is 15.0 Å². The minimum atomic E-state index is -0.122. The van der Waals surface area contributed by atoms with E-state index in [1.807, 2.05) is 13.8 Å². The van der Waals surface area contributed by atoms with Crippen molar-refractivity contribution in [3.63, 3.8) is 0 Å². The van der Waals surface area contributed by atoms with E-state index >= 15 is 0 Å². The summed E-state index contributed by atoms with van der Waals surface area (Å²) in [6.45, 7) is 7.50. The van der Waals surface area contributed by atoms with Crippen LogP contribution in [0.5, 0.6) is 0 Å². The monoisotopic (exact) mass is 228 g/mol. The summed E-state index contributed by atoms with van der Waals surface area (Å²) in [6.07, 6.45) is 0. The molecule has 0 atom stereocenters. The molecule has 17 heavy (non-hydrogen) atoms. The molecule has 0 unspecified atom stereocenters. The quantitative estimate of drug-likeness (QED) is 0.582. The summed E-state index contributed by atoms with van der Waals surface area (Å²) < 4.78 is 1.76. The predicted octanol–water partition coefficient (Wildman–Crippen LogP) is 1.31. The molecule has 3 aromatic heterocycles. The van der Waals surface area contributed by atoms with Crippen LogP contribution in [0.3, 0.4) is 0 Å². The van der Waals surface area contributed by atoms with Crippen molar-refractivity contribution >= 4 is 16.9 Å². The molecule has 3 aromatic rings. The molecule has 0 aliphatic carbocycles. The van der Waals surface area contributed by atoms with Gasteiger partial charge in [0.2, 0.25) is 5.43 Å². The Bertz CT molecular complexity index is 782. The van der Waals surface area contributed by atoms with E-state index in [-0.39, 0.29) is 5.43 Å². The summed E-state index contributed by atoms with van der Waals surface area (Å²) in [5.74, 6) is 0.614. The van der Waals surface area contributed by atoms with Gasteiger partial charge in [-0.2, -0.15) is 0 Å². The first-order valence-corrected chi connectivity index (χ1v) is 5.47. The van der Waals surface area contributed by atoms with Crippen molar-refractivity contribution in [2.75, 3.05) is 0 Å². The number of hydrogen-bond acceptors (Lipinski definition) is 4. The van der Waals surface area contributed by atoms with Gasteiger partial charge in [-0.3, -0.25) is 9.20 Å². The molecule has 0 aliphatic rings. The third-order valence-corrected chi connectivity index (χ3v) is 3.21. The Morgan fingerprint density at radius 1 is 0.824 bits per heavy atom. The van der Waals surface area contributed by atoms with Crippen LogP contribution in [0.4, 0.5) is 0 Å². The summed E-state index contributed by atoms with van der Waals surface area (Å²) >= 11 is 0. The van der Waals surface area contributed by atoms with Gasteiger partial charge < -0.3 is 0 Å². The number of aromatic nitrogens is 4. The first kappa shape index (κ1) is 10.1. The summed E-state index contributed by atoms with van der Waals surface area (Å²) in [6, 6.07) is 0. The van der Waals surface area contributed by atoms with Crippen LogP contribution in [0, 0.1) is 27.7 Å². The third-order valence-electron chi connectivity index (χ3n) is 3.21. The van der Waals surface area contributed by atoms with Crippen LogP contribution < -0.4 is 5.43 Å². The van der Waals surface area contributed by atoms with Crippen LogP contribution in [0.25, 0.3) is 16.9 Å². The average Bonchev–Trinajstić information content (AvgIpc) is 2.52. The lowest BCUT2D eigenvalue weighted by atomic mass is 10.2. The molecule has 5 nitrogen and oxygen atoms in total. The summed E-state index contributed by atoms with van der Waals surface area (Å²) in [5, 5.41) is 0. The first-order chi connectivity index (χ1) is 8.00. The normalized spacial score (nSPS) is 11.8. The maximum atomic E-state index is 12.0. The first-order valence-electron chi connectivity index (χ1n) is 5.47. The second-order valence-electron chi connectivity index (χ2n) is 4.35. The minimum Gasteiger partial charge on any atom is -0.284 e. The molecule has 0 bridgehead atoms. The Morgan fingerprint density at radius 2 is 1.35 bits per heavy atom. The molecular weight excluding hydrogens is 216 g/mol. The van der Waals surface area contributed by atoms with Gasteiger partial charge in [0.15, 0.2) is 5.65 Å². The van der Waals surface area contributed by atoms with Crippen molar-refractivity contribution in [2.45, 2.75) is 27.7 Å². The number of aryl methyl sites for hydroxylation is 4. The molecular formula is C12H12N4O. The van der Waals surface area contributed by atoms with Gasteiger partial charge in [-0.05, 0) is 38.8 Å². The molecule has 0 aliphatic heterocycles. The average molecular weight is 228 g/mol. The molecule has 0 saturated heterocycles. The Labute approximate surface area is 97.5 Å². The van der Waals surface area contributed by atoms with Crippen molar-refractivity contribution in [1.29, 1.82) is 0 Å². The van der Waals surface area contributed by atoms with E-state index in [9.17, 15) is 4.79 Å². The second kappa shape index (κ2) is 3.00. The van der Waals surface area contributed by atoms with Crippen molar-refractivity contribution < 1.29 is 0 Å². The lowest BCUT2D eigenvalue weighted by Gasteiger charge is -2.03. The van der Waals surface area contributed by atoms with Gasteiger partial charge in [-0.1, -0.05) is 0 Å². The van der Waals surface area contributed by atoms with Crippen LogP contribution in [0.1, 0.15) is 22.6 Å². The maximum absolute atomic E-state index is 12.0. The van der Waals surface area contributed by atoms with Gasteiger partial charge in [-0.25, -0.2) is 15.0 Å². The zero-order valence-corrected chi connectivity index (χ0v) is 10.2. The fourth-order valence-electron chi connectivity index (χ4n) is 2.14. The van der Waals surface area contributed by atoms with Crippen LogP contribution in [-0.4, -0.2) is 19.4 Å². The fourth-order valence-corrected chi connectivity index (χ4v) is 2.14. The van der Waals surface area contributed by atoms with Gasteiger partial charge in [0.05, 0.1) is 5.69 Å². The van der Waals surface area contributed by atoms with E-state index in [0.717, 1.165) is 22.4 Å². The van der Waals surface area contributed by atoms with Crippen LogP contribution in [0.15, 0.2) is 4.79 Å². The summed E-state index contributed by atoms with van der Waals surface area (Å²) in [5.41, 5.74) is 4.46. The maximum Gasteiger partial charge on any atom is 0.242 e. The molecule has 0 N–H and O–H groups in total. The summed E-state index contributed by atoms with van der Waals surface area (Å²) in [7, 11) is 0. The standard InChI is InChI=1S/C12H12N4O/c1-5-6(2)11-14-8(4)15-12-9(17)7(3)13-10(5)16(11)12/h1-4H3. The van der Waals surface area contributed by atoms with Gasteiger partial charge in [0.25, 0.3) is 0 Å². The van der Waals surface area contributed by atoms with Gasteiger partial charge in [0, 0.05) is 0 Å². The Balaban J connectivity index is 2.79. The second-order valence-corrected chi connectivity index (χ2v) is 4.35. The highest BCUT2D eigenvalue weighted by Gasteiger charge is 2.17. The van der Waals surface area contributed by atoms with Gasteiger partial charge in [-0.15, -0.1) is 0 Å². The van der Waals surface area contributed by atoms with Crippen molar-refractivity contribution in [3.05, 3.63) is 32.9 Å². The van der Waals surface area contributed by atoms with Crippen LogP contribution >= 0.6 is 0 Å². The molecule has 3 heterocycles. The highest BCUT2D eigenvalue weighted by molar-refractivity contribution is 5.72. The molecule has 0 fully saturated rings. The van der Waals surface area contributed by atoms with E-state index in [4.69, 9.17) is 0 Å². The molecule has 0 amide bonds. The predicted molar refractivity (Wildman–Crippen MR) is 64.7 cm³/mol. The number of rotatable bonds is 0. The van der Waals surface area contributed by atoms with Gasteiger partial charge in [0.1, 0.15) is 17.1 Å². The Kier molecular flexibility index (Phi) is 1.79. The highest BCUT2D eigenvalue weighted by atomic mass is 16.1. The Hall–Kier alpha value is -2.04. The molecule has 0 saturated carbocycles. The lowest BCUT2D eigenvalue weighted by molar-refractivity contribution is 0.992. The van der Waals surface area contributed by atoms with E-state index in [1.165, 1.54) is 0 Å². The smallest absolute Gasteiger partial charge is 0.242 e. The lowest BCUT2D eigenvalue weighted by Crippen LogP contribution is -2.15. The van der Waals surface area contributed by atoms with Crippen molar-refractivity contribution in [1.82, 2.24) is 19.4 Å². The minimum absolute atomic E-state index is 0.122. The van der Waals surface area contributed by atoms with Crippen LogP contribution in [0.2, 0.25) is 0 Å². The van der Waals surface area contributed by atoms with Crippen molar-refractivity contribution in [3.8, 4) is 0 Å².